The smallest absolute Gasteiger partial charge is 0.338 e. The van der Waals surface area contributed by atoms with Crippen molar-refractivity contribution in [3.63, 3.8) is 0 Å². The first-order chi connectivity index (χ1) is 23.2. The van der Waals surface area contributed by atoms with Crippen LogP contribution in [-0.2, 0) is 28.0 Å². The molecule has 0 saturated carbocycles. The predicted molar refractivity (Wildman–Crippen MR) is 180 cm³/mol. The Balaban J connectivity index is 1.07. The highest BCUT2D eigenvalue weighted by Crippen LogP contribution is 2.53. The molecule has 3 aliphatic rings. The van der Waals surface area contributed by atoms with Gasteiger partial charge in [0.2, 0.25) is 5.91 Å². The number of para-hydroxylation sites is 1. The number of benzene rings is 3. The molecule has 0 radical (unpaired) electrons. The summed E-state index contributed by atoms with van der Waals surface area (Å²) >= 11 is 0. The number of carbonyl (C=O) groups is 2. The van der Waals surface area contributed by atoms with E-state index in [1.807, 2.05) is 0 Å². The number of aromatic nitrogens is 2. The summed E-state index contributed by atoms with van der Waals surface area (Å²) in [6.45, 7) is 7.86. The fraction of sp³-hybridized carbons (Fsp3) is 0.351. The Labute approximate surface area is 279 Å². The third-order valence-corrected chi connectivity index (χ3v) is 10.1. The quantitative estimate of drug-likeness (QED) is 0.137. The van der Waals surface area contributed by atoms with Crippen LogP contribution in [0.15, 0.2) is 79.1 Å². The number of hydrogen-bond donors (Lipinski definition) is 1. The molecule has 2 aliphatic heterocycles. The molecular formula is C37H38N6O5. The number of ether oxygens (including phenoxy) is 1. The lowest BCUT2D eigenvalue weighted by Gasteiger charge is -2.40. The van der Waals surface area contributed by atoms with Crippen LogP contribution in [0.2, 0.25) is 0 Å². The van der Waals surface area contributed by atoms with Gasteiger partial charge in [-0.3, -0.25) is 19.8 Å². The number of piperidine rings is 1. The summed E-state index contributed by atoms with van der Waals surface area (Å²) in [6, 6.07) is 22.6. The number of amides is 1. The molecule has 1 fully saturated rings. The third kappa shape index (κ3) is 6.01. The number of nitrogens with zero attached hydrogens (tertiary/aromatic N) is 5. The van der Waals surface area contributed by atoms with Crippen LogP contribution in [0, 0.1) is 10.1 Å². The van der Waals surface area contributed by atoms with Gasteiger partial charge in [0, 0.05) is 55.4 Å². The number of non-ortho nitro benzene ring substituents is 1. The lowest BCUT2D eigenvalue weighted by Crippen LogP contribution is -2.44. The zero-order chi connectivity index (χ0) is 33.4. The first-order valence-corrected chi connectivity index (χ1v) is 16.4. The summed E-state index contributed by atoms with van der Waals surface area (Å²) in [6.07, 6.45) is 3.67. The summed E-state index contributed by atoms with van der Waals surface area (Å²) in [5.41, 5.74) is 6.78. The van der Waals surface area contributed by atoms with Crippen molar-refractivity contribution in [2.75, 3.05) is 24.5 Å². The summed E-state index contributed by atoms with van der Waals surface area (Å²) < 4.78 is 5.94. The second kappa shape index (κ2) is 12.8. The number of hydrogen-bond acceptors (Lipinski definition) is 9. The van der Waals surface area contributed by atoms with Gasteiger partial charge in [-0.15, -0.1) is 0 Å². The third-order valence-electron chi connectivity index (χ3n) is 10.1. The van der Waals surface area contributed by atoms with Gasteiger partial charge in [-0.1, -0.05) is 49.4 Å². The van der Waals surface area contributed by atoms with E-state index >= 15 is 0 Å². The van der Waals surface area contributed by atoms with Gasteiger partial charge in [0.25, 0.3) is 5.69 Å². The van der Waals surface area contributed by atoms with Crippen molar-refractivity contribution in [1.29, 1.82) is 0 Å². The fourth-order valence-corrected chi connectivity index (χ4v) is 7.55. The zero-order valence-corrected chi connectivity index (χ0v) is 27.1. The van der Waals surface area contributed by atoms with Gasteiger partial charge in [0.1, 0.15) is 18.2 Å². The van der Waals surface area contributed by atoms with E-state index in [9.17, 15) is 19.7 Å². The molecular weight excluding hydrogens is 608 g/mol. The van der Waals surface area contributed by atoms with Crippen LogP contribution in [0.3, 0.4) is 0 Å². The van der Waals surface area contributed by atoms with Crippen molar-refractivity contribution in [3.05, 3.63) is 123 Å². The van der Waals surface area contributed by atoms with Crippen molar-refractivity contribution >= 4 is 29.1 Å². The molecule has 3 heterocycles. The molecule has 1 amide bonds. The maximum absolute atomic E-state index is 13.0. The van der Waals surface area contributed by atoms with Crippen molar-refractivity contribution in [3.8, 4) is 0 Å². The van der Waals surface area contributed by atoms with Gasteiger partial charge in [0.15, 0.2) is 0 Å². The minimum Gasteiger partial charge on any atom is -0.452 e. The van der Waals surface area contributed by atoms with E-state index in [2.05, 4.69) is 75.6 Å². The predicted octanol–water partition coefficient (Wildman–Crippen LogP) is 6.11. The monoisotopic (exact) mass is 646 g/mol. The van der Waals surface area contributed by atoms with E-state index < -0.39 is 17.0 Å². The van der Waals surface area contributed by atoms with Crippen molar-refractivity contribution in [2.45, 2.75) is 63.6 Å². The fourth-order valence-electron chi connectivity index (χ4n) is 7.55. The number of fused-ring (bicyclic) bond motifs is 3. The Hall–Kier alpha value is -5.16. The number of anilines is 2. The molecule has 0 bridgehead atoms. The highest BCUT2D eigenvalue weighted by molar-refractivity contribution is 5.90. The number of nitro benzene ring substituents is 1. The summed E-state index contributed by atoms with van der Waals surface area (Å²) in [5.74, 6) is 0.375. The maximum atomic E-state index is 13.0. The number of carbonyl (C=O) groups excluding carboxylic acids is 2. The van der Waals surface area contributed by atoms with Crippen molar-refractivity contribution < 1.29 is 19.2 Å². The minimum absolute atomic E-state index is 0.00320. The van der Waals surface area contributed by atoms with Crippen molar-refractivity contribution in [1.82, 2.24) is 20.2 Å². The van der Waals surface area contributed by atoms with E-state index in [4.69, 9.17) is 9.72 Å². The Bertz CT molecular complexity index is 1850. The molecule has 2 atom stereocenters. The molecule has 1 saturated heterocycles. The number of nitro groups is 1. The molecule has 0 unspecified atom stereocenters. The number of nitrogens with one attached hydrogen (secondary N) is 1. The first kappa shape index (κ1) is 31.4. The molecule has 3 aromatic carbocycles. The highest BCUT2D eigenvalue weighted by Gasteiger charge is 2.47. The maximum Gasteiger partial charge on any atom is 0.338 e. The van der Waals surface area contributed by atoms with Crippen LogP contribution in [0.1, 0.15) is 83.4 Å². The van der Waals surface area contributed by atoms with Crippen LogP contribution < -0.4 is 10.2 Å². The number of likely N-dealkylation sites (tertiary alicyclic amines) is 1. The lowest BCUT2D eigenvalue weighted by atomic mass is 9.74. The summed E-state index contributed by atoms with van der Waals surface area (Å²) in [7, 11) is 0. The Morgan fingerprint density at radius 1 is 1.00 bits per heavy atom. The molecule has 4 aromatic rings. The topological polar surface area (TPSA) is 131 Å². The number of rotatable bonds is 8. The summed E-state index contributed by atoms with van der Waals surface area (Å²) in [4.78, 5) is 49.2. The Morgan fingerprint density at radius 2 is 1.71 bits per heavy atom. The zero-order valence-electron chi connectivity index (χ0n) is 27.1. The molecule has 1 N–H and O–H groups in total. The highest BCUT2D eigenvalue weighted by atomic mass is 16.6. The van der Waals surface area contributed by atoms with Crippen molar-refractivity contribution in [2.24, 2.45) is 0 Å². The second-order valence-electron chi connectivity index (χ2n) is 13.2. The standard InChI is InChI=1S/C37H38N6O5/c1-24-19-32(48-36(45)28-11-13-29(14-12-28)43(46)47)34-33(24)35(40-23-39-34)42-22-37(30-5-3-4-6-31(30)42)15-17-41(18-16-37)21-27-9-7-26(8-10-27)20-38-25(2)44/h3-14,23-24,32H,15-22H2,1-2H3,(H,38,44)/t24-,32-/m1/s1. The van der Waals surface area contributed by atoms with Gasteiger partial charge in [-0.2, -0.15) is 0 Å². The average molecular weight is 647 g/mol. The van der Waals surface area contributed by atoms with Gasteiger partial charge in [-0.25, -0.2) is 14.8 Å². The molecule has 1 aromatic heterocycles. The van der Waals surface area contributed by atoms with Gasteiger partial charge in [-0.05, 0) is 73.2 Å². The normalized spacial score (nSPS) is 19.5. The average Bonchev–Trinajstić information content (AvgIpc) is 3.59. The van der Waals surface area contributed by atoms with E-state index in [1.54, 1.807) is 6.33 Å². The van der Waals surface area contributed by atoms with Crippen LogP contribution >= 0.6 is 0 Å². The molecule has 246 valence electrons. The first-order valence-electron chi connectivity index (χ1n) is 16.4. The van der Waals surface area contributed by atoms with Crippen LogP contribution in [0.25, 0.3) is 0 Å². The van der Waals surface area contributed by atoms with Gasteiger partial charge < -0.3 is 15.0 Å². The largest absolute Gasteiger partial charge is 0.452 e. The van der Waals surface area contributed by atoms with E-state index in [0.717, 1.165) is 61.7 Å². The molecule has 11 heteroatoms. The molecule has 1 aliphatic carbocycles. The SMILES string of the molecule is CC(=O)NCc1ccc(CN2CCC3(CC2)CN(c2ncnc4c2[C@H](C)C[C@H]4OC(=O)c2ccc([N+](=O)[O-])cc2)c2ccccc23)cc1. The number of esters is 1. The van der Waals surface area contributed by atoms with Gasteiger partial charge >= 0.3 is 5.97 Å². The van der Waals surface area contributed by atoms with Gasteiger partial charge in [0.05, 0.1) is 16.2 Å². The Kier molecular flexibility index (Phi) is 8.38. The van der Waals surface area contributed by atoms with E-state index in [0.29, 0.717) is 13.0 Å². The van der Waals surface area contributed by atoms with E-state index in [-0.39, 0.29) is 28.5 Å². The molecule has 7 rings (SSSR count). The summed E-state index contributed by atoms with van der Waals surface area (Å²) in [5, 5.41) is 13.9. The molecule has 48 heavy (non-hydrogen) atoms. The lowest BCUT2D eigenvalue weighted by molar-refractivity contribution is -0.384. The molecule has 11 nitrogen and oxygen atoms in total. The van der Waals surface area contributed by atoms with Crippen LogP contribution in [0.5, 0.6) is 0 Å². The molecule has 1 spiro atoms. The Morgan fingerprint density at radius 3 is 2.42 bits per heavy atom. The van der Waals surface area contributed by atoms with E-state index in [1.165, 1.54) is 48.0 Å². The van der Waals surface area contributed by atoms with Crippen LogP contribution in [0.4, 0.5) is 17.2 Å². The minimum atomic E-state index is -0.534. The van der Waals surface area contributed by atoms with Crippen LogP contribution in [-0.4, -0.2) is 51.3 Å². The second-order valence-corrected chi connectivity index (χ2v) is 13.2.